The maximum Gasteiger partial charge on any atom is 0.222 e. The van der Waals surface area contributed by atoms with E-state index < -0.39 is 0 Å². The molecular formula is C14H21N3O2. The smallest absolute Gasteiger partial charge is 0.222 e. The molecule has 1 atom stereocenters. The maximum absolute atomic E-state index is 11.7. The van der Waals surface area contributed by atoms with Crippen LogP contribution in [-0.4, -0.2) is 31.6 Å². The van der Waals surface area contributed by atoms with Gasteiger partial charge in [-0.2, -0.15) is 0 Å². The molecule has 0 heterocycles. The summed E-state index contributed by atoms with van der Waals surface area (Å²) in [4.78, 5) is 11.7. The zero-order valence-electron chi connectivity index (χ0n) is 11.2. The Balaban J connectivity index is 1.87. The molecule has 104 valence electrons. The van der Waals surface area contributed by atoms with Crippen molar-refractivity contribution in [1.29, 1.82) is 0 Å². The van der Waals surface area contributed by atoms with E-state index in [2.05, 4.69) is 10.6 Å². The summed E-state index contributed by atoms with van der Waals surface area (Å²) in [6, 6.07) is 7.93. The summed E-state index contributed by atoms with van der Waals surface area (Å²) in [5.74, 6) is 0.844. The van der Waals surface area contributed by atoms with Crippen LogP contribution in [0.15, 0.2) is 24.3 Å². The van der Waals surface area contributed by atoms with Gasteiger partial charge >= 0.3 is 0 Å². The van der Waals surface area contributed by atoms with Crippen LogP contribution >= 0.6 is 0 Å². The molecule has 4 N–H and O–H groups in total. The molecule has 19 heavy (non-hydrogen) atoms. The molecule has 5 heteroatoms. The SMILES string of the molecule is COc1cccc(NC(CN)CC(=O)NC2CC2)c1. The van der Waals surface area contributed by atoms with Crippen LogP contribution in [-0.2, 0) is 4.79 Å². The van der Waals surface area contributed by atoms with Gasteiger partial charge in [-0.05, 0) is 25.0 Å². The quantitative estimate of drug-likeness (QED) is 0.688. The molecule has 1 fully saturated rings. The number of benzene rings is 1. The molecule has 2 rings (SSSR count). The Morgan fingerprint density at radius 2 is 2.32 bits per heavy atom. The van der Waals surface area contributed by atoms with Crippen molar-refractivity contribution in [2.75, 3.05) is 19.0 Å². The Labute approximate surface area is 113 Å². The van der Waals surface area contributed by atoms with Crippen LogP contribution in [0.1, 0.15) is 19.3 Å². The van der Waals surface area contributed by atoms with Crippen LogP contribution in [0.4, 0.5) is 5.69 Å². The molecule has 5 nitrogen and oxygen atoms in total. The molecule has 1 aromatic rings. The number of carbonyl (C=O) groups is 1. The van der Waals surface area contributed by atoms with Gasteiger partial charge < -0.3 is 21.1 Å². The van der Waals surface area contributed by atoms with E-state index in [4.69, 9.17) is 10.5 Å². The highest BCUT2D eigenvalue weighted by molar-refractivity contribution is 5.77. The fourth-order valence-corrected chi connectivity index (χ4v) is 1.88. The van der Waals surface area contributed by atoms with Crippen LogP contribution in [0.25, 0.3) is 0 Å². The van der Waals surface area contributed by atoms with Crippen LogP contribution in [0, 0.1) is 0 Å². The van der Waals surface area contributed by atoms with Gasteiger partial charge in [0, 0.05) is 36.8 Å². The van der Waals surface area contributed by atoms with E-state index in [-0.39, 0.29) is 11.9 Å². The molecule has 0 spiro atoms. The molecule has 0 aromatic heterocycles. The average molecular weight is 263 g/mol. The molecule has 1 aliphatic rings. The van der Waals surface area contributed by atoms with Crippen molar-refractivity contribution < 1.29 is 9.53 Å². The third-order valence-corrected chi connectivity index (χ3v) is 3.10. The minimum absolute atomic E-state index is 0.0633. The van der Waals surface area contributed by atoms with Crippen LogP contribution < -0.4 is 21.1 Å². The van der Waals surface area contributed by atoms with Crippen LogP contribution in [0.5, 0.6) is 5.75 Å². The fraction of sp³-hybridized carbons (Fsp3) is 0.500. The largest absolute Gasteiger partial charge is 0.497 e. The summed E-state index contributed by atoms with van der Waals surface area (Å²) in [6.07, 6.45) is 2.59. The molecule has 0 bridgehead atoms. The second-order valence-electron chi connectivity index (χ2n) is 4.85. The summed E-state index contributed by atoms with van der Waals surface area (Å²) in [6.45, 7) is 0.412. The topological polar surface area (TPSA) is 76.4 Å². The lowest BCUT2D eigenvalue weighted by atomic mass is 10.1. The summed E-state index contributed by atoms with van der Waals surface area (Å²) in [5.41, 5.74) is 6.62. The molecule has 0 aliphatic heterocycles. The summed E-state index contributed by atoms with van der Waals surface area (Å²) < 4.78 is 5.16. The number of rotatable bonds is 7. The molecular weight excluding hydrogens is 242 g/mol. The van der Waals surface area contributed by atoms with Crippen molar-refractivity contribution in [2.45, 2.75) is 31.3 Å². The molecule has 1 saturated carbocycles. The summed E-state index contributed by atoms with van der Waals surface area (Å²) in [5, 5.41) is 6.23. The first-order valence-corrected chi connectivity index (χ1v) is 6.61. The predicted molar refractivity (Wildman–Crippen MR) is 75.2 cm³/mol. The second kappa shape index (κ2) is 6.43. The van der Waals surface area contributed by atoms with Gasteiger partial charge in [0.25, 0.3) is 0 Å². The average Bonchev–Trinajstić information content (AvgIpc) is 3.22. The van der Waals surface area contributed by atoms with E-state index >= 15 is 0 Å². The van der Waals surface area contributed by atoms with Crippen molar-refractivity contribution in [2.24, 2.45) is 5.73 Å². The first-order valence-electron chi connectivity index (χ1n) is 6.61. The van der Waals surface area contributed by atoms with E-state index in [9.17, 15) is 4.79 Å². The zero-order valence-corrected chi connectivity index (χ0v) is 11.2. The van der Waals surface area contributed by atoms with Gasteiger partial charge in [-0.25, -0.2) is 0 Å². The fourth-order valence-electron chi connectivity index (χ4n) is 1.88. The highest BCUT2D eigenvalue weighted by atomic mass is 16.5. The number of hydrogen-bond donors (Lipinski definition) is 3. The third kappa shape index (κ3) is 4.44. The van der Waals surface area contributed by atoms with Crippen molar-refractivity contribution in [3.63, 3.8) is 0 Å². The monoisotopic (exact) mass is 263 g/mol. The Bertz CT molecular complexity index is 432. The number of anilines is 1. The number of methoxy groups -OCH3 is 1. The third-order valence-electron chi connectivity index (χ3n) is 3.10. The van der Waals surface area contributed by atoms with Gasteiger partial charge in [0.1, 0.15) is 5.75 Å². The lowest BCUT2D eigenvalue weighted by molar-refractivity contribution is -0.121. The predicted octanol–water partition coefficient (Wildman–Crippen LogP) is 1.10. The van der Waals surface area contributed by atoms with E-state index in [0.29, 0.717) is 19.0 Å². The number of nitrogens with one attached hydrogen (secondary N) is 2. The number of nitrogens with two attached hydrogens (primary N) is 1. The maximum atomic E-state index is 11.7. The summed E-state index contributed by atoms with van der Waals surface area (Å²) in [7, 11) is 1.63. The lowest BCUT2D eigenvalue weighted by Gasteiger charge is -2.18. The first kappa shape index (κ1) is 13.7. The van der Waals surface area contributed by atoms with Crippen molar-refractivity contribution in [1.82, 2.24) is 5.32 Å². The molecule has 0 saturated heterocycles. The highest BCUT2D eigenvalue weighted by Gasteiger charge is 2.24. The Kier molecular flexibility index (Phi) is 4.63. The van der Waals surface area contributed by atoms with E-state index in [0.717, 1.165) is 24.3 Å². The molecule has 1 aromatic carbocycles. The Hall–Kier alpha value is -1.75. The van der Waals surface area contributed by atoms with Crippen LogP contribution in [0.2, 0.25) is 0 Å². The number of ether oxygens (including phenoxy) is 1. The van der Waals surface area contributed by atoms with Crippen molar-refractivity contribution in [3.8, 4) is 5.75 Å². The Morgan fingerprint density at radius 1 is 1.53 bits per heavy atom. The van der Waals surface area contributed by atoms with E-state index in [1.165, 1.54) is 0 Å². The van der Waals surface area contributed by atoms with E-state index in [1.807, 2.05) is 24.3 Å². The van der Waals surface area contributed by atoms with Gasteiger partial charge in [0.15, 0.2) is 0 Å². The number of amides is 1. The van der Waals surface area contributed by atoms with Gasteiger partial charge in [-0.15, -0.1) is 0 Å². The van der Waals surface area contributed by atoms with Crippen LogP contribution in [0.3, 0.4) is 0 Å². The zero-order chi connectivity index (χ0) is 13.7. The molecule has 1 aliphatic carbocycles. The molecule has 1 amide bonds. The van der Waals surface area contributed by atoms with Crippen molar-refractivity contribution in [3.05, 3.63) is 24.3 Å². The standard InChI is InChI=1S/C14H21N3O2/c1-19-13-4-2-3-11(7-13)16-12(9-15)8-14(18)17-10-5-6-10/h2-4,7,10,12,16H,5-6,8-9,15H2,1H3,(H,17,18). The van der Waals surface area contributed by atoms with Gasteiger partial charge in [0.05, 0.1) is 7.11 Å². The second-order valence-corrected chi connectivity index (χ2v) is 4.85. The minimum atomic E-state index is -0.0640. The summed E-state index contributed by atoms with van der Waals surface area (Å²) >= 11 is 0. The van der Waals surface area contributed by atoms with E-state index in [1.54, 1.807) is 7.11 Å². The number of carbonyl (C=O) groups excluding carboxylic acids is 1. The minimum Gasteiger partial charge on any atom is -0.497 e. The number of hydrogen-bond acceptors (Lipinski definition) is 4. The Morgan fingerprint density at radius 3 is 2.95 bits per heavy atom. The van der Waals surface area contributed by atoms with Gasteiger partial charge in [-0.3, -0.25) is 4.79 Å². The first-order chi connectivity index (χ1) is 9.21. The normalized spacial score (nSPS) is 15.7. The lowest BCUT2D eigenvalue weighted by Crippen LogP contribution is -2.36. The molecule has 1 unspecified atom stereocenters. The van der Waals surface area contributed by atoms with Crippen molar-refractivity contribution >= 4 is 11.6 Å². The van der Waals surface area contributed by atoms with Gasteiger partial charge in [-0.1, -0.05) is 6.07 Å². The molecule has 0 radical (unpaired) electrons. The highest BCUT2D eigenvalue weighted by Crippen LogP contribution is 2.20. The van der Waals surface area contributed by atoms with Gasteiger partial charge in [0.2, 0.25) is 5.91 Å².